The Morgan fingerprint density at radius 2 is 1.73 bits per heavy atom. The molecule has 1 aliphatic carbocycles. The Kier molecular flexibility index (Phi) is 8.13. The first kappa shape index (κ1) is 23.0. The van der Waals surface area contributed by atoms with E-state index in [1.54, 1.807) is 0 Å². The lowest BCUT2D eigenvalue weighted by Crippen LogP contribution is -2.33. The van der Waals surface area contributed by atoms with E-state index < -0.39 is 10.0 Å². The van der Waals surface area contributed by atoms with Crippen LogP contribution in [0.5, 0.6) is 0 Å². The Morgan fingerprint density at radius 1 is 1.07 bits per heavy atom. The second-order valence-corrected chi connectivity index (χ2v) is 10.6. The maximum Gasteiger partial charge on any atom is 0.225 e. The number of alkyl halides is 1. The molecule has 7 nitrogen and oxygen atoms in total. The summed E-state index contributed by atoms with van der Waals surface area (Å²) >= 11 is 5.59. The number of nitrogens with one attached hydrogen (secondary N) is 2. The highest BCUT2D eigenvalue weighted by atomic mass is 35.5. The number of sulfonamides is 1. The topological polar surface area (TPSA) is 87.2 Å². The number of hydrogen-bond donors (Lipinski definition) is 2. The quantitative estimate of drug-likeness (QED) is 0.535. The van der Waals surface area contributed by atoms with Gasteiger partial charge in [0.05, 0.1) is 11.3 Å². The highest BCUT2D eigenvalue weighted by Gasteiger charge is 2.23. The third-order valence-corrected chi connectivity index (χ3v) is 7.36. The molecule has 2 aromatic rings. The minimum atomic E-state index is -3.20. The third-order valence-electron chi connectivity index (χ3n) is 5.66. The molecule has 166 valence electrons. The molecule has 1 aromatic heterocycles. The molecule has 1 fully saturated rings. The lowest BCUT2D eigenvalue weighted by Gasteiger charge is -2.28. The van der Waals surface area contributed by atoms with Gasteiger partial charge in [-0.15, -0.1) is 11.6 Å². The molecule has 0 bridgehead atoms. The fourth-order valence-electron chi connectivity index (χ4n) is 3.92. The van der Waals surface area contributed by atoms with Crippen molar-refractivity contribution in [2.75, 3.05) is 49.0 Å². The summed E-state index contributed by atoms with van der Waals surface area (Å²) in [4.78, 5) is 11.4. The number of hydrogen-bond acceptors (Lipinski definition) is 6. The van der Waals surface area contributed by atoms with Crippen molar-refractivity contribution >= 4 is 44.3 Å². The van der Waals surface area contributed by atoms with Crippen LogP contribution in [0.25, 0.3) is 10.9 Å². The first-order valence-electron chi connectivity index (χ1n) is 10.6. The zero-order valence-corrected chi connectivity index (χ0v) is 19.3. The Labute approximate surface area is 184 Å². The van der Waals surface area contributed by atoms with Crippen LogP contribution in [0.15, 0.2) is 24.3 Å². The summed E-state index contributed by atoms with van der Waals surface area (Å²) in [7, 11) is 0.780. The third kappa shape index (κ3) is 6.43. The van der Waals surface area contributed by atoms with E-state index in [0.29, 0.717) is 36.6 Å². The van der Waals surface area contributed by atoms with Crippen molar-refractivity contribution in [3.05, 3.63) is 24.3 Å². The number of aromatic nitrogens is 2. The molecule has 1 heterocycles. The number of benzene rings is 1. The molecule has 0 unspecified atom stereocenters. The lowest BCUT2D eigenvalue weighted by atomic mass is 9.82. The number of fused-ring (bicyclic) bond motifs is 1. The van der Waals surface area contributed by atoms with E-state index in [9.17, 15) is 8.42 Å². The largest absolute Gasteiger partial charge is 0.362 e. The van der Waals surface area contributed by atoms with Gasteiger partial charge in [0.25, 0.3) is 0 Å². The lowest BCUT2D eigenvalue weighted by molar-refractivity contribution is 0.284. The minimum absolute atomic E-state index is 0.108. The summed E-state index contributed by atoms with van der Waals surface area (Å²) in [6, 6.07) is 8.04. The van der Waals surface area contributed by atoms with Crippen molar-refractivity contribution in [3.8, 4) is 0 Å². The van der Waals surface area contributed by atoms with Gasteiger partial charge in [-0.1, -0.05) is 12.1 Å². The van der Waals surface area contributed by atoms with Gasteiger partial charge < -0.3 is 10.2 Å². The molecule has 9 heteroatoms. The molecule has 0 radical (unpaired) electrons. The second-order valence-electron chi connectivity index (χ2n) is 8.26. The zero-order chi connectivity index (χ0) is 21.6. The Bertz CT molecular complexity index is 930. The molecule has 3 rings (SSSR count). The maximum absolute atomic E-state index is 11.9. The van der Waals surface area contributed by atoms with Gasteiger partial charge in [-0.3, -0.25) is 0 Å². The van der Waals surface area contributed by atoms with Crippen LogP contribution in [0.4, 0.5) is 11.8 Å². The molecule has 0 spiro atoms. The average Bonchev–Trinajstić information content (AvgIpc) is 2.75. The smallest absolute Gasteiger partial charge is 0.225 e. The molecule has 1 saturated carbocycles. The number of para-hydroxylation sites is 1. The molecule has 0 atom stereocenters. The molecule has 0 saturated heterocycles. The number of halogens is 1. The summed E-state index contributed by atoms with van der Waals surface area (Å²) in [5, 5.41) is 4.47. The van der Waals surface area contributed by atoms with Crippen LogP contribution < -0.4 is 14.9 Å². The first-order chi connectivity index (χ1) is 14.4. The molecular formula is C21H32ClN5O2S. The maximum atomic E-state index is 11.9. The van der Waals surface area contributed by atoms with Gasteiger partial charge in [0, 0.05) is 38.5 Å². The van der Waals surface area contributed by atoms with Crippen LogP contribution in [0, 0.1) is 11.8 Å². The standard InChI is InChI=1S/C21H32ClN5O2S/c1-27(2)20-18-6-3-4-7-19(18)25-21(26-20)23-14-16-8-10-17(11-9-16)15-24-30(28,29)13-5-12-22/h3-4,6-7,16-17,24H,5,8-15H2,1-2H3,(H,23,25,26). The monoisotopic (exact) mass is 453 g/mol. The van der Waals surface area contributed by atoms with Crippen LogP contribution in [0.2, 0.25) is 0 Å². The van der Waals surface area contributed by atoms with Crippen LogP contribution in [0.1, 0.15) is 32.1 Å². The molecular weight excluding hydrogens is 422 g/mol. The number of rotatable bonds is 10. The minimum Gasteiger partial charge on any atom is -0.362 e. The van der Waals surface area contributed by atoms with E-state index in [0.717, 1.165) is 48.9 Å². The molecule has 1 aliphatic rings. The van der Waals surface area contributed by atoms with Crippen molar-refractivity contribution in [1.29, 1.82) is 0 Å². The normalized spacial score (nSPS) is 19.7. The summed E-state index contributed by atoms with van der Waals surface area (Å²) in [5.41, 5.74) is 0.934. The van der Waals surface area contributed by atoms with E-state index >= 15 is 0 Å². The van der Waals surface area contributed by atoms with Crippen molar-refractivity contribution in [2.45, 2.75) is 32.1 Å². The van der Waals surface area contributed by atoms with Gasteiger partial charge in [-0.25, -0.2) is 18.1 Å². The fourth-order valence-corrected chi connectivity index (χ4v) is 5.37. The van der Waals surface area contributed by atoms with Crippen molar-refractivity contribution in [3.63, 3.8) is 0 Å². The van der Waals surface area contributed by atoms with Gasteiger partial charge in [0.1, 0.15) is 5.82 Å². The Balaban J connectivity index is 1.49. The first-order valence-corrected chi connectivity index (χ1v) is 12.8. The van der Waals surface area contributed by atoms with E-state index in [1.165, 1.54) is 0 Å². The Morgan fingerprint density at radius 3 is 2.40 bits per heavy atom. The van der Waals surface area contributed by atoms with Crippen LogP contribution >= 0.6 is 11.6 Å². The van der Waals surface area contributed by atoms with Gasteiger partial charge in [0.2, 0.25) is 16.0 Å². The molecule has 1 aromatic carbocycles. The molecule has 30 heavy (non-hydrogen) atoms. The van der Waals surface area contributed by atoms with Crippen LogP contribution in [-0.4, -0.2) is 57.2 Å². The van der Waals surface area contributed by atoms with Gasteiger partial charge in [-0.2, -0.15) is 4.98 Å². The van der Waals surface area contributed by atoms with E-state index in [4.69, 9.17) is 16.6 Å². The second kappa shape index (κ2) is 10.6. The highest BCUT2D eigenvalue weighted by Crippen LogP contribution is 2.29. The summed E-state index contributed by atoms with van der Waals surface area (Å²) in [6.07, 6.45) is 4.71. The van der Waals surface area contributed by atoms with Crippen molar-refractivity contribution < 1.29 is 8.42 Å². The zero-order valence-electron chi connectivity index (χ0n) is 17.8. The predicted molar refractivity (Wildman–Crippen MR) is 125 cm³/mol. The average molecular weight is 454 g/mol. The van der Waals surface area contributed by atoms with Crippen LogP contribution in [0.3, 0.4) is 0 Å². The molecule has 0 aliphatic heterocycles. The summed E-state index contributed by atoms with van der Waals surface area (Å²) < 4.78 is 26.6. The SMILES string of the molecule is CN(C)c1nc(NCC2CCC(CNS(=O)(=O)CCCCl)CC2)nc2ccccc12. The van der Waals surface area contributed by atoms with Crippen molar-refractivity contribution in [2.24, 2.45) is 11.8 Å². The number of nitrogens with zero attached hydrogens (tertiary/aromatic N) is 3. The highest BCUT2D eigenvalue weighted by molar-refractivity contribution is 7.89. The van der Waals surface area contributed by atoms with E-state index in [2.05, 4.69) is 15.0 Å². The van der Waals surface area contributed by atoms with Crippen molar-refractivity contribution in [1.82, 2.24) is 14.7 Å². The Hall–Kier alpha value is -1.64. The number of anilines is 2. The van der Waals surface area contributed by atoms with Gasteiger partial charge in [0.15, 0.2) is 0 Å². The molecule has 2 N–H and O–H groups in total. The summed E-state index contributed by atoms with van der Waals surface area (Å²) in [6.45, 7) is 1.37. The molecule has 0 amide bonds. The van der Waals surface area contributed by atoms with Gasteiger partial charge in [-0.05, 0) is 56.1 Å². The van der Waals surface area contributed by atoms with Gasteiger partial charge >= 0.3 is 0 Å². The predicted octanol–water partition coefficient (Wildman–Crippen LogP) is 3.46. The fraction of sp³-hybridized carbons (Fsp3) is 0.619. The summed E-state index contributed by atoms with van der Waals surface area (Å²) in [5.74, 6) is 3.00. The van der Waals surface area contributed by atoms with E-state index in [-0.39, 0.29) is 5.75 Å². The van der Waals surface area contributed by atoms with E-state index in [1.807, 2.05) is 43.3 Å². The van der Waals surface area contributed by atoms with Crippen LogP contribution in [-0.2, 0) is 10.0 Å².